The van der Waals surface area contributed by atoms with Gasteiger partial charge in [0.15, 0.2) is 0 Å². The van der Waals surface area contributed by atoms with E-state index < -0.39 is 11.7 Å². The fourth-order valence-electron chi connectivity index (χ4n) is 2.26. The number of aromatic hydroxyl groups is 1. The van der Waals surface area contributed by atoms with Crippen molar-refractivity contribution in [2.24, 2.45) is 0 Å². The van der Waals surface area contributed by atoms with Crippen LogP contribution in [0.5, 0.6) is 5.75 Å². The smallest absolute Gasteiger partial charge is 0.412 e. The van der Waals surface area contributed by atoms with E-state index in [0.29, 0.717) is 5.69 Å². The first-order valence-electron chi connectivity index (χ1n) is 7.24. The molecule has 5 heteroatoms. The number of ether oxygens (including phenoxy) is 1. The van der Waals surface area contributed by atoms with Crippen LogP contribution in [0.1, 0.15) is 39.2 Å². The zero-order valence-electron chi connectivity index (χ0n) is 13.1. The minimum absolute atomic E-state index is 0.0992. The summed E-state index contributed by atoms with van der Waals surface area (Å²) in [5.41, 5.74) is 1.02. The van der Waals surface area contributed by atoms with Gasteiger partial charge in [-0.15, -0.1) is 0 Å². The van der Waals surface area contributed by atoms with Gasteiger partial charge in [-0.25, -0.2) is 4.79 Å². The van der Waals surface area contributed by atoms with Crippen LogP contribution in [-0.4, -0.2) is 29.4 Å². The van der Waals surface area contributed by atoms with Gasteiger partial charge in [-0.3, -0.25) is 5.32 Å². The van der Waals surface area contributed by atoms with Crippen LogP contribution in [0.25, 0.3) is 0 Å². The Morgan fingerprint density at radius 1 is 1.38 bits per heavy atom. The maximum absolute atomic E-state index is 11.8. The first-order valence-corrected chi connectivity index (χ1v) is 7.24. The third-order valence-corrected chi connectivity index (χ3v) is 3.64. The van der Waals surface area contributed by atoms with Gasteiger partial charge < -0.3 is 15.2 Å². The number of anilines is 1. The maximum Gasteiger partial charge on any atom is 0.412 e. The molecule has 1 amide bonds. The monoisotopic (exact) mass is 292 g/mol. The van der Waals surface area contributed by atoms with Crippen LogP contribution in [-0.2, 0) is 11.2 Å². The molecule has 0 aromatic heterocycles. The summed E-state index contributed by atoms with van der Waals surface area (Å²) in [5.74, 6) is 0.256. The Morgan fingerprint density at radius 3 is 2.57 bits per heavy atom. The van der Waals surface area contributed by atoms with Crippen molar-refractivity contribution in [3.63, 3.8) is 0 Å². The van der Waals surface area contributed by atoms with Gasteiger partial charge in [-0.2, -0.15) is 0 Å². The number of hydrogen-bond donors (Lipinski definition) is 3. The summed E-state index contributed by atoms with van der Waals surface area (Å²) in [5, 5.41) is 16.0. The number of carbonyl (C=O) groups excluding carboxylic acids is 1. The van der Waals surface area contributed by atoms with Crippen LogP contribution < -0.4 is 10.6 Å². The molecule has 1 saturated carbocycles. The van der Waals surface area contributed by atoms with E-state index in [9.17, 15) is 9.90 Å². The molecule has 1 aliphatic carbocycles. The summed E-state index contributed by atoms with van der Waals surface area (Å²) in [6.07, 6.45) is 2.47. The molecule has 1 aromatic rings. The summed E-state index contributed by atoms with van der Waals surface area (Å²) in [4.78, 5) is 11.8. The molecule has 0 radical (unpaired) electrons. The lowest BCUT2D eigenvalue weighted by atomic mass is 10.0. The average molecular weight is 292 g/mol. The number of rotatable bonds is 4. The highest BCUT2D eigenvalue weighted by Gasteiger charge is 2.41. The number of phenolic OH excluding ortho intramolecular Hbond substituents is 1. The van der Waals surface area contributed by atoms with E-state index in [4.69, 9.17) is 4.74 Å². The largest absolute Gasteiger partial charge is 0.508 e. The first kappa shape index (κ1) is 15.6. The first-order chi connectivity index (χ1) is 9.73. The Hall–Kier alpha value is -1.75. The van der Waals surface area contributed by atoms with Crippen LogP contribution in [0.3, 0.4) is 0 Å². The zero-order valence-corrected chi connectivity index (χ0v) is 13.1. The Balaban J connectivity index is 2.06. The molecule has 0 aliphatic heterocycles. The van der Waals surface area contributed by atoms with Gasteiger partial charge in [0.25, 0.3) is 0 Å². The molecule has 1 aliphatic rings. The van der Waals surface area contributed by atoms with Gasteiger partial charge in [0.2, 0.25) is 0 Å². The van der Waals surface area contributed by atoms with Gasteiger partial charge in [0.1, 0.15) is 11.4 Å². The van der Waals surface area contributed by atoms with Crippen LogP contribution in [0.4, 0.5) is 10.5 Å². The molecule has 3 N–H and O–H groups in total. The molecule has 0 saturated heterocycles. The second kappa shape index (κ2) is 5.56. The summed E-state index contributed by atoms with van der Waals surface area (Å²) in [6, 6.07) is 5.08. The number of benzene rings is 1. The molecule has 0 atom stereocenters. The van der Waals surface area contributed by atoms with E-state index in [-0.39, 0.29) is 11.3 Å². The van der Waals surface area contributed by atoms with Crippen molar-refractivity contribution in [2.75, 3.05) is 12.4 Å². The topological polar surface area (TPSA) is 70.6 Å². The minimum atomic E-state index is -0.534. The van der Waals surface area contributed by atoms with E-state index >= 15 is 0 Å². The van der Waals surface area contributed by atoms with Crippen molar-refractivity contribution in [3.8, 4) is 5.75 Å². The molecular formula is C16H24N2O3. The number of likely N-dealkylation sites (N-methyl/N-ethyl adjacent to an activating group) is 1. The fraction of sp³-hybridized carbons (Fsp3) is 0.562. The Morgan fingerprint density at radius 2 is 2.05 bits per heavy atom. The Bertz CT molecular complexity index is 531. The van der Waals surface area contributed by atoms with E-state index in [2.05, 4.69) is 10.6 Å². The predicted molar refractivity (Wildman–Crippen MR) is 82.7 cm³/mol. The van der Waals surface area contributed by atoms with Crippen molar-refractivity contribution in [3.05, 3.63) is 23.8 Å². The highest BCUT2D eigenvalue weighted by atomic mass is 16.6. The van der Waals surface area contributed by atoms with Gasteiger partial charge in [-0.1, -0.05) is 0 Å². The highest BCUT2D eigenvalue weighted by molar-refractivity contribution is 5.85. The van der Waals surface area contributed by atoms with Gasteiger partial charge in [-0.05, 0) is 70.8 Å². The molecular weight excluding hydrogens is 268 g/mol. The second-order valence-corrected chi connectivity index (χ2v) is 6.68. The molecule has 0 unspecified atom stereocenters. The maximum atomic E-state index is 11.8. The van der Waals surface area contributed by atoms with Crippen molar-refractivity contribution in [2.45, 2.75) is 51.2 Å². The van der Waals surface area contributed by atoms with Crippen LogP contribution in [0.2, 0.25) is 0 Å². The third kappa shape index (κ3) is 4.36. The molecule has 1 aromatic carbocycles. The molecule has 1 fully saturated rings. The fourth-order valence-corrected chi connectivity index (χ4v) is 2.26. The number of phenols is 1. The van der Waals surface area contributed by atoms with E-state index in [1.54, 1.807) is 18.2 Å². The van der Waals surface area contributed by atoms with E-state index in [1.165, 1.54) is 0 Å². The van der Waals surface area contributed by atoms with Gasteiger partial charge in [0, 0.05) is 11.2 Å². The van der Waals surface area contributed by atoms with Crippen LogP contribution >= 0.6 is 0 Å². The lowest BCUT2D eigenvalue weighted by Gasteiger charge is -2.20. The van der Waals surface area contributed by atoms with Crippen LogP contribution in [0.15, 0.2) is 18.2 Å². The van der Waals surface area contributed by atoms with Crippen molar-refractivity contribution in [1.29, 1.82) is 0 Å². The van der Waals surface area contributed by atoms with Gasteiger partial charge in [0.05, 0.1) is 0 Å². The van der Waals surface area contributed by atoms with Crippen molar-refractivity contribution in [1.82, 2.24) is 5.32 Å². The van der Waals surface area contributed by atoms with Crippen molar-refractivity contribution >= 4 is 11.8 Å². The number of hydrogen-bond acceptors (Lipinski definition) is 4. The SMILES string of the molecule is CNC1(Cc2cc(NC(=O)OC(C)(C)C)ccc2O)CC1. The van der Waals surface area contributed by atoms with E-state index in [1.807, 2.05) is 27.8 Å². The Labute approximate surface area is 125 Å². The minimum Gasteiger partial charge on any atom is -0.508 e. The predicted octanol–water partition coefficient (Wildman–Crippen LogP) is 3.03. The van der Waals surface area contributed by atoms with Crippen LogP contribution in [0, 0.1) is 0 Å². The summed E-state index contributed by atoms with van der Waals surface area (Å²) in [7, 11) is 1.94. The Kier molecular flexibility index (Phi) is 4.14. The molecule has 116 valence electrons. The normalized spacial score (nSPS) is 16.4. The standard InChI is InChI=1S/C16H24N2O3/c1-15(2,3)21-14(20)18-12-5-6-13(19)11(9-12)10-16(17-4)7-8-16/h5-6,9,17,19H,7-8,10H2,1-4H3,(H,18,20). The summed E-state index contributed by atoms with van der Waals surface area (Å²) < 4.78 is 5.22. The molecule has 5 nitrogen and oxygen atoms in total. The number of amides is 1. The molecule has 0 heterocycles. The molecule has 0 spiro atoms. The quantitative estimate of drug-likeness (QED) is 0.746. The lowest BCUT2D eigenvalue weighted by molar-refractivity contribution is 0.0636. The summed E-state index contributed by atoms with van der Waals surface area (Å²) >= 11 is 0. The van der Waals surface area contributed by atoms with E-state index in [0.717, 1.165) is 24.8 Å². The number of nitrogens with one attached hydrogen (secondary N) is 2. The third-order valence-electron chi connectivity index (χ3n) is 3.64. The average Bonchev–Trinajstić information content (AvgIpc) is 3.11. The van der Waals surface area contributed by atoms with Gasteiger partial charge >= 0.3 is 6.09 Å². The molecule has 21 heavy (non-hydrogen) atoms. The molecule has 2 rings (SSSR count). The van der Waals surface area contributed by atoms with Crippen molar-refractivity contribution < 1.29 is 14.6 Å². The summed E-state index contributed by atoms with van der Waals surface area (Å²) in [6.45, 7) is 5.45. The highest BCUT2D eigenvalue weighted by Crippen LogP contribution is 2.40. The zero-order chi connectivity index (χ0) is 15.7. The second-order valence-electron chi connectivity index (χ2n) is 6.68. The lowest BCUT2D eigenvalue weighted by Crippen LogP contribution is -2.29. The number of carbonyl (C=O) groups is 1. The molecule has 0 bridgehead atoms.